The van der Waals surface area contributed by atoms with E-state index in [0.717, 1.165) is 27.9 Å². The second-order valence-corrected chi connectivity index (χ2v) is 9.03. The number of benzene rings is 1. The summed E-state index contributed by atoms with van der Waals surface area (Å²) in [6, 6.07) is 7.39. The van der Waals surface area contributed by atoms with Crippen molar-refractivity contribution in [2.45, 2.75) is 6.42 Å². The minimum absolute atomic E-state index is 0.365. The monoisotopic (exact) mass is 418 g/mol. The minimum atomic E-state index is -3.18. The summed E-state index contributed by atoms with van der Waals surface area (Å²) in [4.78, 5) is 12.1. The normalized spacial score (nSPS) is 15.6. The maximum atomic E-state index is 11.7. The van der Waals surface area contributed by atoms with Crippen molar-refractivity contribution in [3.8, 4) is 17.0 Å². The van der Waals surface area contributed by atoms with Crippen molar-refractivity contribution in [2.24, 2.45) is 0 Å². The Balaban J connectivity index is 1.77. The van der Waals surface area contributed by atoms with Crippen LogP contribution in [0.15, 0.2) is 36.7 Å². The molecule has 3 heterocycles. The van der Waals surface area contributed by atoms with Crippen LogP contribution in [0.25, 0.3) is 27.9 Å². The van der Waals surface area contributed by atoms with E-state index in [1.807, 2.05) is 24.3 Å². The molecule has 7 nitrogen and oxygen atoms in total. The number of hydrogen-bond acceptors (Lipinski definition) is 5. The number of sulfonamides is 1. The Labute approximate surface area is 168 Å². The lowest BCUT2D eigenvalue weighted by atomic mass is 10.0. The van der Waals surface area contributed by atoms with E-state index in [1.54, 1.807) is 13.2 Å². The highest BCUT2D eigenvalue weighted by atomic mass is 35.5. The molecular formula is C19H19ClN4O3S. The Kier molecular flexibility index (Phi) is 4.86. The van der Waals surface area contributed by atoms with Gasteiger partial charge < -0.3 is 9.72 Å². The smallest absolute Gasteiger partial charge is 0.211 e. The number of aromatic nitrogens is 3. The van der Waals surface area contributed by atoms with Gasteiger partial charge in [0.25, 0.3) is 0 Å². The summed E-state index contributed by atoms with van der Waals surface area (Å²) >= 11 is 6.18. The number of H-pyrrole nitrogens is 1. The van der Waals surface area contributed by atoms with E-state index >= 15 is 0 Å². The second kappa shape index (κ2) is 7.20. The molecule has 1 aliphatic heterocycles. The number of hydrogen-bond donors (Lipinski definition) is 1. The topological polar surface area (TPSA) is 88.2 Å². The third-order valence-electron chi connectivity index (χ3n) is 4.83. The number of nitrogens with one attached hydrogen (secondary N) is 1. The summed E-state index contributed by atoms with van der Waals surface area (Å²) in [5, 5.41) is 1.44. The molecule has 0 fully saturated rings. The van der Waals surface area contributed by atoms with Crippen molar-refractivity contribution in [3.05, 3.63) is 47.4 Å². The van der Waals surface area contributed by atoms with E-state index in [9.17, 15) is 8.42 Å². The Morgan fingerprint density at radius 3 is 2.75 bits per heavy atom. The second-order valence-electron chi connectivity index (χ2n) is 6.61. The van der Waals surface area contributed by atoms with E-state index in [1.165, 1.54) is 16.9 Å². The molecule has 0 amide bonds. The lowest BCUT2D eigenvalue weighted by Gasteiger charge is -2.23. The van der Waals surface area contributed by atoms with Crippen LogP contribution >= 0.6 is 11.6 Å². The van der Waals surface area contributed by atoms with Gasteiger partial charge in [0.2, 0.25) is 10.0 Å². The molecule has 146 valence electrons. The van der Waals surface area contributed by atoms with Crippen LogP contribution in [0.2, 0.25) is 5.02 Å². The molecule has 2 aromatic heterocycles. The van der Waals surface area contributed by atoms with Crippen LogP contribution in [0.3, 0.4) is 0 Å². The highest BCUT2D eigenvalue weighted by Gasteiger charge is 2.22. The number of halogens is 1. The number of aromatic amines is 1. The Morgan fingerprint density at radius 1 is 1.25 bits per heavy atom. The van der Waals surface area contributed by atoms with Gasteiger partial charge in [-0.2, -0.15) is 4.31 Å². The number of nitrogens with zero attached hydrogens (tertiary/aromatic N) is 3. The third-order valence-corrected chi connectivity index (χ3v) is 6.33. The molecule has 0 unspecified atom stereocenters. The fraction of sp³-hybridized carbons (Fsp3) is 0.263. The molecule has 0 aliphatic carbocycles. The van der Waals surface area contributed by atoms with Crippen molar-refractivity contribution >= 4 is 38.2 Å². The van der Waals surface area contributed by atoms with Crippen LogP contribution in [0.4, 0.5) is 0 Å². The van der Waals surface area contributed by atoms with Gasteiger partial charge in [-0.1, -0.05) is 17.7 Å². The van der Waals surface area contributed by atoms with Crippen molar-refractivity contribution < 1.29 is 13.2 Å². The number of methoxy groups -OCH3 is 1. The first-order valence-electron chi connectivity index (χ1n) is 8.69. The highest BCUT2D eigenvalue weighted by molar-refractivity contribution is 7.88. The van der Waals surface area contributed by atoms with E-state index in [2.05, 4.69) is 15.0 Å². The van der Waals surface area contributed by atoms with Crippen molar-refractivity contribution in [2.75, 3.05) is 26.5 Å². The van der Waals surface area contributed by atoms with Crippen LogP contribution in [0.1, 0.15) is 12.1 Å². The van der Waals surface area contributed by atoms with Gasteiger partial charge in [-0.15, -0.1) is 0 Å². The molecule has 0 saturated heterocycles. The Morgan fingerprint density at radius 2 is 2.07 bits per heavy atom. The van der Waals surface area contributed by atoms with Gasteiger partial charge in [0.05, 0.1) is 19.1 Å². The van der Waals surface area contributed by atoms with E-state index in [0.29, 0.717) is 35.9 Å². The number of fused-ring (bicyclic) bond motifs is 1. The summed E-state index contributed by atoms with van der Waals surface area (Å²) in [5.41, 5.74) is 4.18. The molecule has 9 heteroatoms. The van der Waals surface area contributed by atoms with Crippen LogP contribution in [-0.4, -0.2) is 54.1 Å². The zero-order valence-corrected chi connectivity index (χ0v) is 17.0. The maximum absolute atomic E-state index is 11.7. The van der Waals surface area contributed by atoms with Crippen LogP contribution in [0, 0.1) is 0 Å². The fourth-order valence-electron chi connectivity index (χ4n) is 3.39. The summed E-state index contributed by atoms with van der Waals surface area (Å²) in [5.74, 6) is 0.674. The molecule has 0 atom stereocenters. The van der Waals surface area contributed by atoms with Crippen molar-refractivity contribution in [3.63, 3.8) is 0 Å². The first kappa shape index (κ1) is 18.9. The van der Waals surface area contributed by atoms with Gasteiger partial charge in [0, 0.05) is 34.8 Å². The Bertz CT molecular complexity index is 1190. The molecule has 1 aliphatic rings. The minimum Gasteiger partial charge on any atom is -0.496 e. The standard InChI is InChI=1S/C19H19ClN4O3S/c1-27-17-4-3-13(20)9-14(17)18-15-10-16(23-19(15)22-11-21-18)12-5-7-24(8-6-12)28(2,25)26/h3-5,9-11H,6-8H2,1-2H3,(H,21,22,23). The lowest BCUT2D eigenvalue weighted by Crippen LogP contribution is -2.33. The molecule has 28 heavy (non-hydrogen) atoms. The van der Waals surface area contributed by atoms with Gasteiger partial charge in [-0.05, 0) is 36.3 Å². The van der Waals surface area contributed by atoms with Gasteiger partial charge >= 0.3 is 0 Å². The number of rotatable bonds is 4. The molecule has 0 radical (unpaired) electrons. The largest absolute Gasteiger partial charge is 0.496 e. The quantitative estimate of drug-likeness (QED) is 0.702. The Hall–Kier alpha value is -2.42. The molecule has 0 saturated carbocycles. The molecule has 0 bridgehead atoms. The zero-order chi connectivity index (χ0) is 19.9. The van der Waals surface area contributed by atoms with E-state index in [4.69, 9.17) is 16.3 Å². The van der Waals surface area contributed by atoms with Gasteiger partial charge in [-0.3, -0.25) is 0 Å². The molecule has 3 aromatic rings. The first-order chi connectivity index (χ1) is 13.4. The zero-order valence-electron chi connectivity index (χ0n) is 15.4. The summed E-state index contributed by atoms with van der Waals surface area (Å²) in [7, 11) is -1.58. The van der Waals surface area contributed by atoms with Gasteiger partial charge in [0.1, 0.15) is 17.7 Å². The molecule has 1 N–H and O–H groups in total. The van der Waals surface area contributed by atoms with Crippen LogP contribution in [-0.2, 0) is 10.0 Å². The predicted molar refractivity (Wildman–Crippen MR) is 110 cm³/mol. The van der Waals surface area contributed by atoms with Crippen molar-refractivity contribution in [1.29, 1.82) is 0 Å². The van der Waals surface area contributed by atoms with E-state index < -0.39 is 10.0 Å². The fourth-order valence-corrected chi connectivity index (χ4v) is 4.33. The molecule has 4 rings (SSSR count). The highest BCUT2D eigenvalue weighted by Crippen LogP contribution is 2.36. The third kappa shape index (κ3) is 3.50. The van der Waals surface area contributed by atoms with E-state index in [-0.39, 0.29) is 0 Å². The van der Waals surface area contributed by atoms with Gasteiger partial charge in [-0.25, -0.2) is 18.4 Å². The van der Waals surface area contributed by atoms with Crippen LogP contribution in [0.5, 0.6) is 5.75 Å². The molecule has 1 aromatic carbocycles. The molecular weight excluding hydrogens is 400 g/mol. The summed E-state index contributed by atoms with van der Waals surface area (Å²) in [6.07, 6.45) is 5.29. The average molecular weight is 419 g/mol. The van der Waals surface area contributed by atoms with Gasteiger partial charge in [0.15, 0.2) is 0 Å². The SMILES string of the molecule is COc1ccc(Cl)cc1-c1ncnc2[nH]c(C3=CCN(S(C)(=O)=O)CC3)cc12. The number of ether oxygens (including phenoxy) is 1. The maximum Gasteiger partial charge on any atom is 0.211 e. The summed E-state index contributed by atoms with van der Waals surface area (Å²) in [6.45, 7) is 0.824. The average Bonchev–Trinajstić information content (AvgIpc) is 3.11. The lowest BCUT2D eigenvalue weighted by molar-refractivity contribution is 0.416. The molecule has 0 spiro atoms. The van der Waals surface area contributed by atoms with Crippen molar-refractivity contribution in [1.82, 2.24) is 19.3 Å². The summed E-state index contributed by atoms with van der Waals surface area (Å²) < 4.78 is 30.3. The predicted octanol–water partition coefficient (Wildman–Crippen LogP) is 3.34. The van der Waals surface area contributed by atoms with Crippen LogP contribution < -0.4 is 4.74 Å². The first-order valence-corrected chi connectivity index (χ1v) is 10.9.